The van der Waals surface area contributed by atoms with Crippen LogP contribution in [0.3, 0.4) is 0 Å². The van der Waals surface area contributed by atoms with Crippen LogP contribution in [0.25, 0.3) is 0 Å². The number of aromatic nitrogens is 2. The van der Waals surface area contributed by atoms with Crippen molar-refractivity contribution in [3.63, 3.8) is 0 Å². The molecule has 19 heavy (non-hydrogen) atoms. The number of nitrogens with one attached hydrogen (secondary N) is 1. The maximum absolute atomic E-state index is 4.25. The minimum absolute atomic E-state index is 0.726. The summed E-state index contributed by atoms with van der Waals surface area (Å²) in [4.78, 5) is 4.25. The van der Waals surface area contributed by atoms with E-state index in [0.717, 1.165) is 25.6 Å². The van der Waals surface area contributed by atoms with Gasteiger partial charge in [0.2, 0.25) is 0 Å². The molecular formula is C16H21N3. The van der Waals surface area contributed by atoms with Gasteiger partial charge < -0.3 is 9.88 Å². The highest BCUT2D eigenvalue weighted by Crippen LogP contribution is 2.35. The Labute approximate surface area is 114 Å². The van der Waals surface area contributed by atoms with Gasteiger partial charge in [-0.3, -0.25) is 0 Å². The van der Waals surface area contributed by atoms with Crippen LogP contribution in [0.15, 0.2) is 42.9 Å². The van der Waals surface area contributed by atoms with Crippen molar-refractivity contribution in [2.24, 2.45) is 0 Å². The molecule has 0 amide bonds. The molecule has 0 aliphatic heterocycles. The van der Waals surface area contributed by atoms with Gasteiger partial charge in [-0.25, -0.2) is 4.98 Å². The summed E-state index contributed by atoms with van der Waals surface area (Å²) < 4.78 is 2.32. The van der Waals surface area contributed by atoms with Gasteiger partial charge in [-0.1, -0.05) is 30.3 Å². The third kappa shape index (κ3) is 3.44. The van der Waals surface area contributed by atoms with Crippen LogP contribution in [0.2, 0.25) is 0 Å². The molecule has 1 saturated carbocycles. The monoisotopic (exact) mass is 255 g/mol. The first-order chi connectivity index (χ1) is 9.43. The van der Waals surface area contributed by atoms with E-state index in [2.05, 4.69) is 45.2 Å². The topological polar surface area (TPSA) is 29.9 Å². The van der Waals surface area contributed by atoms with E-state index in [-0.39, 0.29) is 0 Å². The minimum atomic E-state index is 0.726. The minimum Gasteiger partial charge on any atom is -0.330 e. The molecule has 0 radical (unpaired) electrons. The largest absolute Gasteiger partial charge is 0.330 e. The number of benzene rings is 1. The maximum atomic E-state index is 4.25. The summed E-state index contributed by atoms with van der Waals surface area (Å²) in [6.45, 7) is 2.00. The average molecular weight is 255 g/mol. The third-order valence-corrected chi connectivity index (χ3v) is 3.65. The summed E-state index contributed by atoms with van der Waals surface area (Å²) in [7, 11) is 0. The van der Waals surface area contributed by atoms with E-state index in [0.29, 0.717) is 0 Å². The van der Waals surface area contributed by atoms with Crippen molar-refractivity contribution in [2.45, 2.75) is 38.3 Å². The molecule has 1 aliphatic rings. The zero-order valence-electron chi connectivity index (χ0n) is 11.3. The first-order valence-corrected chi connectivity index (χ1v) is 7.19. The lowest BCUT2D eigenvalue weighted by Gasteiger charge is -2.08. The molecule has 2 aromatic rings. The second-order valence-corrected chi connectivity index (χ2v) is 5.29. The van der Waals surface area contributed by atoms with Gasteiger partial charge in [-0.2, -0.15) is 0 Å². The van der Waals surface area contributed by atoms with Crippen LogP contribution in [0.4, 0.5) is 0 Å². The van der Waals surface area contributed by atoms with E-state index in [1.807, 2.05) is 12.5 Å². The fourth-order valence-electron chi connectivity index (χ4n) is 2.43. The van der Waals surface area contributed by atoms with Gasteiger partial charge in [0.1, 0.15) is 0 Å². The first-order valence-electron chi connectivity index (χ1n) is 7.19. The van der Waals surface area contributed by atoms with Crippen molar-refractivity contribution in [2.75, 3.05) is 6.54 Å². The van der Waals surface area contributed by atoms with Gasteiger partial charge >= 0.3 is 0 Å². The summed E-state index contributed by atoms with van der Waals surface area (Å²) in [6.07, 6.45) is 8.92. The molecule has 1 N–H and O–H groups in total. The number of rotatable bonds is 7. The molecule has 3 nitrogen and oxygen atoms in total. The zero-order valence-corrected chi connectivity index (χ0v) is 11.3. The molecule has 1 fully saturated rings. The Bertz CT molecular complexity index is 500. The number of imidazole rings is 1. The Morgan fingerprint density at radius 3 is 2.84 bits per heavy atom. The molecule has 100 valence electrons. The lowest BCUT2D eigenvalue weighted by Crippen LogP contribution is -2.17. The molecule has 0 bridgehead atoms. The van der Waals surface area contributed by atoms with E-state index >= 15 is 0 Å². The van der Waals surface area contributed by atoms with Crippen molar-refractivity contribution in [3.05, 3.63) is 54.1 Å². The van der Waals surface area contributed by atoms with E-state index < -0.39 is 0 Å². The highest BCUT2D eigenvalue weighted by molar-refractivity contribution is 5.14. The molecule has 1 aliphatic carbocycles. The van der Waals surface area contributed by atoms with Crippen molar-refractivity contribution < 1.29 is 0 Å². The van der Waals surface area contributed by atoms with Crippen molar-refractivity contribution in [3.8, 4) is 0 Å². The zero-order chi connectivity index (χ0) is 12.9. The molecule has 3 rings (SSSR count). The Morgan fingerprint density at radius 2 is 2.05 bits per heavy atom. The lowest BCUT2D eigenvalue weighted by molar-refractivity contribution is 0.603. The predicted molar refractivity (Wildman–Crippen MR) is 77.0 cm³/mol. The van der Waals surface area contributed by atoms with Gasteiger partial charge in [0.15, 0.2) is 0 Å². The van der Waals surface area contributed by atoms with E-state index in [9.17, 15) is 0 Å². The summed E-state index contributed by atoms with van der Waals surface area (Å²) in [5.41, 5.74) is 2.74. The number of nitrogens with zero attached hydrogens (tertiary/aromatic N) is 2. The Kier molecular flexibility index (Phi) is 3.94. The highest BCUT2D eigenvalue weighted by Gasteiger charge is 2.24. The molecule has 0 atom stereocenters. The van der Waals surface area contributed by atoms with Crippen LogP contribution in [-0.4, -0.2) is 16.1 Å². The van der Waals surface area contributed by atoms with Crippen LogP contribution in [0, 0.1) is 0 Å². The van der Waals surface area contributed by atoms with Crippen LogP contribution < -0.4 is 5.32 Å². The number of hydrogen-bond acceptors (Lipinski definition) is 2. The smallest absolute Gasteiger partial charge is 0.0951 e. The second-order valence-electron chi connectivity index (χ2n) is 5.29. The summed E-state index contributed by atoms with van der Waals surface area (Å²) in [5, 5.41) is 3.52. The Balaban J connectivity index is 1.38. The summed E-state index contributed by atoms with van der Waals surface area (Å²) >= 11 is 0. The van der Waals surface area contributed by atoms with Gasteiger partial charge in [0, 0.05) is 18.8 Å². The predicted octanol–water partition coefficient (Wildman–Crippen LogP) is 2.94. The first kappa shape index (κ1) is 12.4. The Hall–Kier alpha value is -1.61. The summed E-state index contributed by atoms with van der Waals surface area (Å²) in [5.74, 6) is 0. The second kappa shape index (κ2) is 6.02. The highest BCUT2D eigenvalue weighted by atomic mass is 15.1. The van der Waals surface area contributed by atoms with Crippen LogP contribution >= 0.6 is 0 Å². The SMILES string of the molecule is c1ccc(CCCNCc2cncn2C2CC2)cc1. The molecule has 1 aromatic heterocycles. The van der Waals surface area contributed by atoms with Crippen LogP contribution in [0.1, 0.15) is 36.6 Å². The molecule has 3 heteroatoms. The van der Waals surface area contributed by atoms with Crippen molar-refractivity contribution >= 4 is 0 Å². The summed E-state index contributed by atoms with van der Waals surface area (Å²) in [6, 6.07) is 11.4. The normalized spacial score (nSPS) is 14.7. The number of hydrogen-bond donors (Lipinski definition) is 1. The fourth-order valence-corrected chi connectivity index (χ4v) is 2.43. The van der Waals surface area contributed by atoms with Crippen molar-refractivity contribution in [1.29, 1.82) is 0 Å². The Morgan fingerprint density at radius 1 is 1.21 bits per heavy atom. The van der Waals surface area contributed by atoms with Gasteiger partial charge in [0.05, 0.1) is 12.0 Å². The average Bonchev–Trinajstić information content (AvgIpc) is 3.19. The van der Waals surface area contributed by atoms with Crippen LogP contribution in [-0.2, 0) is 13.0 Å². The molecule has 0 saturated heterocycles. The van der Waals surface area contributed by atoms with Gasteiger partial charge in [0.25, 0.3) is 0 Å². The fraction of sp³-hybridized carbons (Fsp3) is 0.438. The standard InChI is InChI=1S/C16H21N3/c1-2-5-14(6-3-1)7-4-10-17-11-16-12-18-13-19(16)15-8-9-15/h1-3,5-6,12-13,15,17H,4,7-11H2. The molecular weight excluding hydrogens is 234 g/mol. The van der Waals surface area contributed by atoms with E-state index in [1.165, 1.54) is 30.5 Å². The lowest BCUT2D eigenvalue weighted by atomic mass is 10.1. The van der Waals surface area contributed by atoms with Crippen molar-refractivity contribution in [1.82, 2.24) is 14.9 Å². The van der Waals surface area contributed by atoms with Crippen LogP contribution in [0.5, 0.6) is 0 Å². The van der Waals surface area contributed by atoms with E-state index in [1.54, 1.807) is 0 Å². The van der Waals surface area contributed by atoms with Gasteiger partial charge in [-0.05, 0) is 37.8 Å². The van der Waals surface area contributed by atoms with Gasteiger partial charge in [-0.15, -0.1) is 0 Å². The quantitative estimate of drug-likeness (QED) is 0.771. The van der Waals surface area contributed by atoms with E-state index in [4.69, 9.17) is 0 Å². The maximum Gasteiger partial charge on any atom is 0.0951 e. The number of aryl methyl sites for hydroxylation is 1. The molecule has 0 unspecified atom stereocenters. The molecule has 0 spiro atoms. The molecule has 1 aromatic carbocycles. The third-order valence-electron chi connectivity index (χ3n) is 3.65. The molecule has 1 heterocycles.